The van der Waals surface area contributed by atoms with Gasteiger partial charge in [0.2, 0.25) is 0 Å². The van der Waals surface area contributed by atoms with E-state index in [1.165, 1.54) is 0 Å². The van der Waals surface area contributed by atoms with Crippen molar-refractivity contribution in [2.45, 2.75) is 26.4 Å². The molecule has 3 unspecified atom stereocenters. The molecule has 0 saturated heterocycles. The molecule has 0 bridgehead atoms. The van der Waals surface area contributed by atoms with Gasteiger partial charge in [-0.15, -0.1) is 0 Å². The highest BCUT2D eigenvalue weighted by atomic mass is 16.3. The average molecular weight is 156 g/mol. The fourth-order valence-electron chi connectivity index (χ4n) is 1.47. The highest BCUT2D eigenvalue weighted by Crippen LogP contribution is 2.36. The summed E-state index contributed by atoms with van der Waals surface area (Å²) < 4.78 is 0. The van der Waals surface area contributed by atoms with Crippen LogP contribution in [-0.2, 0) is 0 Å². The topological polar surface area (TPSA) is 40.5 Å². The van der Waals surface area contributed by atoms with Gasteiger partial charge in [0.25, 0.3) is 0 Å². The Bertz CT molecular complexity index is 165. The highest BCUT2D eigenvalue weighted by Gasteiger charge is 2.33. The van der Waals surface area contributed by atoms with Crippen LogP contribution in [0.4, 0.5) is 0 Å². The Morgan fingerprint density at radius 3 is 2.64 bits per heavy atom. The summed E-state index contributed by atoms with van der Waals surface area (Å²) in [5, 5.41) is 18.4. The third-order valence-electron chi connectivity index (χ3n) is 2.76. The first-order valence-electron chi connectivity index (χ1n) is 4.06. The van der Waals surface area contributed by atoms with Crippen molar-refractivity contribution in [3.63, 3.8) is 0 Å². The quantitative estimate of drug-likeness (QED) is 0.555. The molecule has 0 aromatic rings. The number of aliphatic hydroxyl groups excluding tert-OH is 2. The second-order valence-electron chi connectivity index (χ2n) is 3.76. The van der Waals surface area contributed by atoms with E-state index in [9.17, 15) is 5.11 Å². The first kappa shape index (κ1) is 8.75. The second kappa shape index (κ2) is 2.95. The predicted molar refractivity (Wildman–Crippen MR) is 44.1 cm³/mol. The largest absolute Gasteiger partial charge is 0.396 e. The maximum Gasteiger partial charge on any atom is 0.0727 e. The van der Waals surface area contributed by atoms with Crippen molar-refractivity contribution in [3.05, 3.63) is 12.2 Å². The molecule has 2 N–H and O–H groups in total. The molecule has 0 heterocycles. The van der Waals surface area contributed by atoms with Crippen LogP contribution in [0.5, 0.6) is 0 Å². The zero-order chi connectivity index (χ0) is 8.48. The minimum absolute atomic E-state index is 0.131. The van der Waals surface area contributed by atoms with Crippen LogP contribution in [0.15, 0.2) is 12.2 Å². The van der Waals surface area contributed by atoms with Gasteiger partial charge in [0.15, 0.2) is 0 Å². The minimum atomic E-state index is -0.372. The summed E-state index contributed by atoms with van der Waals surface area (Å²) in [7, 11) is 0. The average Bonchev–Trinajstić information content (AvgIpc) is 1.98. The summed E-state index contributed by atoms with van der Waals surface area (Å²) >= 11 is 0. The molecule has 0 aliphatic heterocycles. The van der Waals surface area contributed by atoms with Crippen LogP contribution in [0.2, 0.25) is 0 Å². The van der Waals surface area contributed by atoms with Gasteiger partial charge >= 0.3 is 0 Å². The third kappa shape index (κ3) is 1.63. The van der Waals surface area contributed by atoms with E-state index in [-0.39, 0.29) is 18.1 Å². The second-order valence-corrected chi connectivity index (χ2v) is 3.76. The maximum absolute atomic E-state index is 9.30. The molecule has 0 radical (unpaired) electrons. The lowest BCUT2D eigenvalue weighted by molar-refractivity contribution is 0.0444. The van der Waals surface area contributed by atoms with Crippen LogP contribution >= 0.6 is 0 Å². The van der Waals surface area contributed by atoms with Gasteiger partial charge in [-0.2, -0.15) is 0 Å². The molecular weight excluding hydrogens is 140 g/mol. The van der Waals surface area contributed by atoms with Crippen LogP contribution in [-0.4, -0.2) is 22.9 Å². The van der Waals surface area contributed by atoms with Crippen LogP contribution in [0, 0.1) is 11.3 Å². The van der Waals surface area contributed by atoms with Crippen molar-refractivity contribution in [2.75, 3.05) is 6.61 Å². The maximum atomic E-state index is 9.30. The Hall–Kier alpha value is -0.340. The van der Waals surface area contributed by atoms with E-state index in [2.05, 4.69) is 6.92 Å². The fourth-order valence-corrected chi connectivity index (χ4v) is 1.47. The number of hydrogen-bond acceptors (Lipinski definition) is 2. The molecule has 2 nitrogen and oxygen atoms in total. The zero-order valence-corrected chi connectivity index (χ0v) is 7.12. The number of rotatable bonds is 1. The van der Waals surface area contributed by atoms with Crippen LogP contribution in [0.1, 0.15) is 20.3 Å². The van der Waals surface area contributed by atoms with E-state index in [0.717, 1.165) is 0 Å². The number of hydrogen-bond donors (Lipinski definition) is 2. The first-order chi connectivity index (χ1) is 5.08. The van der Waals surface area contributed by atoms with Gasteiger partial charge in [-0.1, -0.05) is 26.0 Å². The normalized spacial score (nSPS) is 44.4. The lowest BCUT2D eigenvalue weighted by atomic mass is 9.71. The Morgan fingerprint density at radius 1 is 1.55 bits per heavy atom. The molecule has 11 heavy (non-hydrogen) atoms. The van der Waals surface area contributed by atoms with Crippen molar-refractivity contribution in [3.8, 4) is 0 Å². The van der Waals surface area contributed by atoms with E-state index < -0.39 is 0 Å². The molecule has 1 aliphatic carbocycles. The van der Waals surface area contributed by atoms with E-state index in [0.29, 0.717) is 12.3 Å². The number of aliphatic hydroxyl groups is 2. The molecule has 0 amide bonds. The van der Waals surface area contributed by atoms with Crippen LogP contribution in [0.3, 0.4) is 0 Å². The monoisotopic (exact) mass is 156 g/mol. The summed E-state index contributed by atoms with van der Waals surface area (Å²) in [5.41, 5.74) is -0.131. The lowest BCUT2D eigenvalue weighted by Crippen LogP contribution is -2.35. The third-order valence-corrected chi connectivity index (χ3v) is 2.76. The van der Waals surface area contributed by atoms with Crippen molar-refractivity contribution >= 4 is 0 Å². The predicted octanol–water partition coefficient (Wildman–Crippen LogP) is 0.942. The summed E-state index contributed by atoms with van der Waals surface area (Å²) in [6.07, 6.45) is 4.08. The number of allylic oxidation sites excluding steroid dienone is 1. The zero-order valence-electron chi connectivity index (χ0n) is 7.12. The van der Waals surface area contributed by atoms with Crippen LogP contribution < -0.4 is 0 Å². The molecule has 0 aromatic carbocycles. The van der Waals surface area contributed by atoms with Gasteiger partial charge in [0.1, 0.15) is 0 Å². The smallest absolute Gasteiger partial charge is 0.0727 e. The molecule has 64 valence electrons. The molecule has 0 aromatic heterocycles. The van der Waals surface area contributed by atoms with Gasteiger partial charge in [0.05, 0.1) is 6.10 Å². The fraction of sp³-hybridized carbons (Fsp3) is 0.778. The van der Waals surface area contributed by atoms with Crippen molar-refractivity contribution in [2.24, 2.45) is 11.3 Å². The molecule has 1 aliphatic rings. The van der Waals surface area contributed by atoms with E-state index >= 15 is 0 Å². The Kier molecular flexibility index (Phi) is 2.35. The van der Waals surface area contributed by atoms with Gasteiger partial charge in [-0.25, -0.2) is 0 Å². The Labute approximate surface area is 67.6 Å². The van der Waals surface area contributed by atoms with E-state index in [1.54, 1.807) is 0 Å². The first-order valence-corrected chi connectivity index (χ1v) is 4.06. The van der Waals surface area contributed by atoms with Gasteiger partial charge in [-0.05, 0) is 17.8 Å². The van der Waals surface area contributed by atoms with Crippen LogP contribution in [0.25, 0.3) is 0 Å². The standard InChI is InChI=1S/C9H16O2/c1-7-3-4-8(11)5-9(7,2)6-10/h3-4,7-8,10-11H,5-6H2,1-2H3. The van der Waals surface area contributed by atoms with Crippen molar-refractivity contribution in [1.29, 1.82) is 0 Å². The van der Waals surface area contributed by atoms with E-state index in [1.807, 2.05) is 19.1 Å². The lowest BCUT2D eigenvalue weighted by Gasteiger charge is -2.36. The summed E-state index contributed by atoms with van der Waals surface area (Å²) in [4.78, 5) is 0. The minimum Gasteiger partial charge on any atom is -0.396 e. The molecule has 2 heteroatoms. The highest BCUT2D eigenvalue weighted by molar-refractivity contribution is 5.05. The van der Waals surface area contributed by atoms with Crippen molar-refractivity contribution < 1.29 is 10.2 Å². The van der Waals surface area contributed by atoms with Gasteiger partial charge < -0.3 is 10.2 Å². The van der Waals surface area contributed by atoms with Gasteiger partial charge in [-0.3, -0.25) is 0 Å². The molecule has 0 saturated carbocycles. The summed E-state index contributed by atoms with van der Waals surface area (Å²) in [6, 6.07) is 0. The van der Waals surface area contributed by atoms with Gasteiger partial charge in [0, 0.05) is 6.61 Å². The molecule has 0 fully saturated rings. The molecule has 1 rings (SSSR count). The molecule has 3 atom stereocenters. The Balaban J connectivity index is 2.74. The Morgan fingerprint density at radius 2 is 2.18 bits per heavy atom. The van der Waals surface area contributed by atoms with E-state index in [4.69, 9.17) is 5.11 Å². The summed E-state index contributed by atoms with van der Waals surface area (Å²) in [5.74, 6) is 0.357. The molecule has 0 spiro atoms. The summed E-state index contributed by atoms with van der Waals surface area (Å²) in [6.45, 7) is 4.22. The molecular formula is C9H16O2. The van der Waals surface area contributed by atoms with Crippen molar-refractivity contribution in [1.82, 2.24) is 0 Å². The SMILES string of the molecule is CC1C=CC(O)CC1(C)CO.